The molecule has 1 heterocycles. The van der Waals surface area contributed by atoms with Gasteiger partial charge in [-0.1, -0.05) is 30.3 Å². The highest BCUT2D eigenvalue weighted by Crippen LogP contribution is 2.21. The van der Waals surface area contributed by atoms with Crippen LogP contribution in [0.2, 0.25) is 0 Å². The lowest BCUT2D eigenvalue weighted by atomic mass is 10.1. The van der Waals surface area contributed by atoms with E-state index in [0.717, 1.165) is 5.56 Å². The van der Waals surface area contributed by atoms with Crippen LogP contribution < -0.4 is 0 Å². The Labute approximate surface area is 116 Å². The zero-order chi connectivity index (χ0) is 14.4. The van der Waals surface area contributed by atoms with E-state index in [0.29, 0.717) is 11.3 Å². The zero-order valence-corrected chi connectivity index (χ0v) is 11.0. The van der Waals surface area contributed by atoms with Gasteiger partial charge >= 0.3 is 0 Å². The molecular weight excluding hydrogens is 258 g/mol. The maximum atomic E-state index is 12.4. The van der Waals surface area contributed by atoms with E-state index in [2.05, 4.69) is 10.2 Å². The fourth-order valence-electron chi connectivity index (χ4n) is 2.00. The van der Waals surface area contributed by atoms with Gasteiger partial charge in [0.25, 0.3) is 5.91 Å². The summed E-state index contributed by atoms with van der Waals surface area (Å²) < 4.78 is 0. The van der Waals surface area contributed by atoms with Gasteiger partial charge in [0, 0.05) is 18.7 Å². The van der Waals surface area contributed by atoms with Gasteiger partial charge in [0.1, 0.15) is 0 Å². The van der Waals surface area contributed by atoms with Crippen LogP contribution in [0.25, 0.3) is 11.3 Å². The highest BCUT2D eigenvalue weighted by atomic mass is 16.3. The molecule has 0 saturated heterocycles. The largest absolute Gasteiger partial charge is 0.395 e. The summed E-state index contributed by atoms with van der Waals surface area (Å²) in [5.74, 6) is -0.263. The number of hydrogen-bond acceptors (Lipinski definition) is 4. The normalized spacial score (nSPS) is 10.5. The van der Waals surface area contributed by atoms with Gasteiger partial charge in [0.15, 0.2) is 0 Å². The molecule has 0 saturated carbocycles. The molecule has 0 unspecified atom stereocenters. The molecule has 0 aliphatic carbocycles. The molecule has 20 heavy (non-hydrogen) atoms. The Morgan fingerprint density at radius 1 is 1.15 bits per heavy atom. The van der Waals surface area contributed by atoms with Crippen molar-refractivity contribution in [2.24, 2.45) is 0 Å². The number of nitrogens with zero attached hydrogens (tertiary/aromatic N) is 2. The molecular formula is C14H17N3O3. The van der Waals surface area contributed by atoms with Crippen molar-refractivity contribution in [1.82, 2.24) is 15.1 Å². The minimum absolute atomic E-state index is 0.149. The first-order valence-corrected chi connectivity index (χ1v) is 6.37. The molecule has 1 aromatic carbocycles. The number of benzene rings is 1. The summed E-state index contributed by atoms with van der Waals surface area (Å²) in [7, 11) is 0. The van der Waals surface area contributed by atoms with Gasteiger partial charge in [-0.05, 0) is 0 Å². The number of aliphatic hydroxyl groups excluding tert-OH is 2. The first-order chi connectivity index (χ1) is 9.77. The second-order valence-electron chi connectivity index (χ2n) is 4.26. The second kappa shape index (κ2) is 6.83. The molecule has 2 aromatic rings. The third kappa shape index (κ3) is 3.04. The summed E-state index contributed by atoms with van der Waals surface area (Å²) in [6.07, 6.45) is 1.46. The van der Waals surface area contributed by atoms with Gasteiger partial charge in [-0.2, -0.15) is 5.10 Å². The maximum Gasteiger partial charge on any atom is 0.257 e. The Kier molecular flexibility index (Phi) is 4.86. The predicted octanol–water partition coefficient (Wildman–Crippen LogP) is 0.503. The second-order valence-corrected chi connectivity index (χ2v) is 4.26. The summed E-state index contributed by atoms with van der Waals surface area (Å²) in [5.41, 5.74) is 1.93. The molecule has 0 aliphatic rings. The average Bonchev–Trinajstić information content (AvgIpc) is 2.96. The van der Waals surface area contributed by atoms with Crippen LogP contribution in [0, 0.1) is 0 Å². The maximum absolute atomic E-state index is 12.4. The van der Waals surface area contributed by atoms with Crippen LogP contribution in [0.1, 0.15) is 10.4 Å². The number of hydrogen-bond donors (Lipinski definition) is 3. The zero-order valence-electron chi connectivity index (χ0n) is 11.0. The predicted molar refractivity (Wildman–Crippen MR) is 74.1 cm³/mol. The van der Waals surface area contributed by atoms with Crippen LogP contribution in [0.4, 0.5) is 0 Å². The van der Waals surface area contributed by atoms with Gasteiger partial charge in [0.05, 0.1) is 30.7 Å². The summed E-state index contributed by atoms with van der Waals surface area (Å²) in [6.45, 7) is 0.0616. The van der Waals surface area contributed by atoms with Crippen LogP contribution in [-0.2, 0) is 0 Å². The third-order valence-corrected chi connectivity index (χ3v) is 2.96. The average molecular weight is 275 g/mol. The van der Waals surface area contributed by atoms with Crippen LogP contribution in [0.15, 0.2) is 36.5 Å². The van der Waals surface area contributed by atoms with Gasteiger partial charge < -0.3 is 15.1 Å². The number of nitrogens with one attached hydrogen (secondary N) is 1. The van der Waals surface area contributed by atoms with Crippen molar-refractivity contribution in [3.8, 4) is 11.3 Å². The van der Waals surface area contributed by atoms with E-state index in [1.807, 2.05) is 30.3 Å². The number of carbonyl (C=O) groups is 1. The molecule has 0 fully saturated rings. The Morgan fingerprint density at radius 2 is 1.80 bits per heavy atom. The van der Waals surface area contributed by atoms with Crippen molar-refractivity contribution in [3.05, 3.63) is 42.1 Å². The highest BCUT2D eigenvalue weighted by Gasteiger charge is 2.20. The lowest BCUT2D eigenvalue weighted by molar-refractivity contribution is 0.0685. The van der Waals surface area contributed by atoms with Crippen molar-refractivity contribution in [1.29, 1.82) is 0 Å². The molecule has 1 amide bonds. The summed E-state index contributed by atoms with van der Waals surface area (Å²) in [4.78, 5) is 13.8. The number of amides is 1. The minimum Gasteiger partial charge on any atom is -0.395 e. The molecule has 0 radical (unpaired) electrons. The lowest BCUT2D eigenvalue weighted by Crippen LogP contribution is -2.35. The number of aromatic nitrogens is 2. The number of carbonyl (C=O) groups excluding carboxylic acids is 1. The molecule has 0 bridgehead atoms. The number of aromatic amines is 1. The molecule has 106 valence electrons. The van der Waals surface area contributed by atoms with E-state index in [9.17, 15) is 4.79 Å². The fraction of sp³-hybridized carbons (Fsp3) is 0.286. The smallest absolute Gasteiger partial charge is 0.257 e. The highest BCUT2D eigenvalue weighted by molar-refractivity contribution is 5.99. The molecule has 0 aliphatic heterocycles. The Morgan fingerprint density at radius 3 is 2.40 bits per heavy atom. The monoisotopic (exact) mass is 275 g/mol. The van der Waals surface area contributed by atoms with E-state index in [-0.39, 0.29) is 32.2 Å². The molecule has 0 spiro atoms. The van der Waals surface area contributed by atoms with Gasteiger partial charge in [-0.15, -0.1) is 0 Å². The molecule has 6 heteroatoms. The van der Waals surface area contributed by atoms with Crippen LogP contribution in [0.5, 0.6) is 0 Å². The quantitative estimate of drug-likeness (QED) is 0.716. The molecule has 3 N–H and O–H groups in total. The standard InChI is InChI=1S/C14H17N3O3/c18-8-6-17(7-9-19)14(20)12-10-15-16-13(12)11-4-2-1-3-5-11/h1-5,10,18-19H,6-9H2,(H,15,16). The van der Waals surface area contributed by atoms with Crippen molar-refractivity contribution in [2.45, 2.75) is 0 Å². The Bertz CT molecular complexity index is 548. The van der Waals surface area contributed by atoms with Crippen LogP contribution in [-0.4, -0.2) is 57.5 Å². The first kappa shape index (κ1) is 14.2. The van der Waals surface area contributed by atoms with E-state index in [1.54, 1.807) is 0 Å². The van der Waals surface area contributed by atoms with Gasteiger partial charge in [0.2, 0.25) is 0 Å². The molecule has 2 rings (SSSR count). The van der Waals surface area contributed by atoms with Crippen molar-refractivity contribution < 1.29 is 15.0 Å². The SMILES string of the molecule is O=C(c1cn[nH]c1-c1ccccc1)N(CCO)CCO. The van der Waals surface area contributed by atoms with E-state index in [4.69, 9.17) is 10.2 Å². The number of rotatable bonds is 6. The summed E-state index contributed by atoms with van der Waals surface area (Å²) >= 11 is 0. The minimum atomic E-state index is -0.263. The van der Waals surface area contributed by atoms with Crippen LogP contribution in [0.3, 0.4) is 0 Å². The first-order valence-electron chi connectivity index (χ1n) is 6.37. The van der Waals surface area contributed by atoms with Crippen molar-refractivity contribution >= 4 is 5.91 Å². The Balaban J connectivity index is 2.29. The molecule has 1 aromatic heterocycles. The fourth-order valence-corrected chi connectivity index (χ4v) is 2.00. The number of aliphatic hydroxyl groups is 2. The number of H-pyrrole nitrogens is 1. The van der Waals surface area contributed by atoms with E-state index < -0.39 is 0 Å². The summed E-state index contributed by atoms with van der Waals surface area (Å²) in [5, 5.41) is 24.7. The summed E-state index contributed by atoms with van der Waals surface area (Å²) in [6, 6.07) is 9.41. The van der Waals surface area contributed by atoms with E-state index in [1.165, 1.54) is 11.1 Å². The third-order valence-electron chi connectivity index (χ3n) is 2.96. The van der Waals surface area contributed by atoms with Crippen molar-refractivity contribution in [2.75, 3.05) is 26.3 Å². The van der Waals surface area contributed by atoms with Gasteiger partial charge in [-0.3, -0.25) is 9.89 Å². The molecule has 0 atom stereocenters. The Hall–Kier alpha value is -2.18. The molecule has 6 nitrogen and oxygen atoms in total. The van der Waals surface area contributed by atoms with Gasteiger partial charge in [-0.25, -0.2) is 0 Å². The van der Waals surface area contributed by atoms with Crippen LogP contribution >= 0.6 is 0 Å². The lowest BCUT2D eigenvalue weighted by Gasteiger charge is -2.20. The van der Waals surface area contributed by atoms with E-state index >= 15 is 0 Å². The topological polar surface area (TPSA) is 89.5 Å². The van der Waals surface area contributed by atoms with Crippen molar-refractivity contribution in [3.63, 3.8) is 0 Å².